The van der Waals surface area contributed by atoms with Crippen LogP contribution in [0.3, 0.4) is 0 Å². The molecule has 8 heavy (non-hydrogen) atoms. The molecule has 0 aromatic carbocycles. The molecule has 3 nitrogen and oxygen atoms in total. The summed E-state index contributed by atoms with van der Waals surface area (Å²) in [6, 6.07) is 0. The van der Waals surface area contributed by atoms with Crippen LogP contribution in [0.4, 0.5) is 0 Å². The van der Waals surface area contributed by atoms with Crippen molar-refractivity contribution in [2.75, 3.05) is 0 Å². The molecule has 0 aromatic rings. The lowest BCUT2D eigenvalue weighted by atomic mass is 10.6. The standard InChI is InChI=1S/C4H5NO2S/c6-4-2-1-3-8(7)5-4/h1-3,5-6H. The molecular weight excluding hydrogens is 126 g/mol. The van der Waals surface area contributed by atoms with E-state index in [0.717, 1.165) is 0 Å². The van der Waals surface area contributed by atoms with Gasteiger partial charge in [0, 0.05) is 5.41 Å². The molecule has 1 atom stereocenters. The molecule has 0 saturated heterocycles. The SMILES string of the molecule is O=S1C=CC=C(O)N1. The molecule has 4 heteroatoms. The Bertz CT molecular complexity index is 173. The van der Waals surface area contributed by atoms with Crippen molar-refractivity contribution in [3.63, 3.8) is 0 Å². The van der Waals surface area contributed by atoms with Gasteiger partial charge >= 0.3 is 0 Å². The highest BCUT2D eigenvalue weighted by atomic mass is 32.2. The van der Waals surface area contributed by atoms with Gasteiger partial charge in [-0.25, -0.2) is 4.21 Å². The first-order chi connectivity index (χ1) is 3.79. The van der Waals surface area contributed by atoms with Crippen LogP contribution in [0, 0.1) is 0 Å². The lowest BCUT2D eigenvalue weighted by Crippen LogP contribution is -2.15. The summed E-state index contributed by atoms with van der Waals surface area (Å²) in [6.07, 6.45) is 2.96. The van der Waals surface area contributed by atoms with Crippen LogP contribution in [0.2, 0.25) is 0 Å². The quantitative estimate of drug-likeness (QED) is 0.492. The summed E-state index contributed by atoms with van der Waals surface area (Å²) in [5.74, 6) is -0.0502. The van der Waals surface area contributed by atoms with Crippen molar-refractivity contribution < 1.29 is 9.32 Å². The van der Waals surface area contributed by atoms with Gasteiger partial charge in [0.1, 0.15) is 11.0 Å². The van der Waals surface area contributed by atoms with Gasteiger partial charge in [0.25, 0.3) is 0 Å². The Kier molecular flexibility index (Phi) is 1.34. The second-order valence-corrected chi connectivity index (χ2v) is 2.35. The van der Waals surface area contributed by atoms with Gasteiger partial charge in [-0.3, -0.25) is 4.72 Å². The summed E-state index contributed by atoms with van der Waals surface area (Å²) in [5, 5.41) is 10.0. The van der Waals surface area contributed by atoms with E-state index in [-0.39, 0.29) is 5.88 Å². The predicted octanol–water partition coefficient (Wildman–Crippen LogP) is 0.166. The zero-order chi connectivity index (χ0) is 5.98. The molecule has 0 saturated carbocycles. The highest BCUT2D eigenvalue weighted by Crippen LogP contribution is 1.94. The van der Waals surface area contributed by atoms with Gasteiger partial charge in [0.15, 0.2) is 5.88 Å². The molecule has 44 valence electrons. The highest BCUT2D eigenvalue weighted by Gasteiger charge is 1.97. The zero-order valence-electron chi connectivity index (χ0n) is 4.00. The summed E-state index contributed by atoms with van der Waals surface area (Å²) in [6.45, 7) is 0. The fraction of sp³-hybridized carbons (Fsp3) is 0. The van der Waals surface area contributed by atoms with Crippen molar-refractivity contribution in [3.8, 4) is 0 Å². The number of hydrogen-bond donors (Lipinski definition) is 2. The lowest BCUT2D eigenvalue weighted by molar-refractivity contribution is 0.392. The molecule has 0 fully saturated rings. The average molecular weight is 131 g/mol. The molecule has 0 bridgehead atoms. The van der Waals surface area contributed by atoms with Crippen LogP contribution in [0.25, 0.3) is 0 Å². The number of aliphatic hydroxyl groups excluding tert-OH is 1. The van der Waals surface area contributed by atoms with E-state index in [4.69, 9.17) is 5.11 Å². The van der Waals surface area contributed by atoms with Crippen molar-refractivity contribution >= 4 is 11.0 Å². The van der Waals surface area contributed by atoms with E-state index in [1.807, 2.05) is 0 Å². The Morgan fingerprint density at radius 1 is 1.75 bits per heavy atom. The molecule has 0 aliphatic carbocycles. The van der Waals surface area contributed by atoms with E-state index in [2.05, 4.69) is 4.72 Å². The Balaban J connectivity index is 2.73. The van der Waals surface area contributed by atoms with Crippen LogP contribution >= 0.6 is 0 Å². The van der Waals surface area contributed by atoms with Crippen molar-refractivity contribution in [1.29, 1.82) is 0 Å². The van der Waals surface area contributed by atoms with Crippen molar-refractivity contribution in [1.82, 2.24) is 4.72 Å². The minimum absolute atomic E-state index is 0.0502. The van der Waals surface area contributed by atoms with Crippen LogP contribution < -0.4 is 4.72 Å². The van der Waals surface area contributed by atoms with E-state index >= 15 is 0 Å². The highest BCUT2D eigenvalue weighted by molar-refractivity contribution is 7.86. The normalized spacial score (nSPS) is 26.5. The second-order valence-electron chi connectivity index (χ2n) is 1.28. The third-order valence-corrected chi connectivity index (χ3v) is 1.48. The first-order valence-corrected chi connectivity index (χ1v) is 3.25. The zero-order valence-corrected chi connectivity index (χ0v) is 4.81. The maximum Gasteiger partial charge on any atom is 0.196 e. The number of hydrogen-bond acceptors (Lipinski definition) is 2. The van der Waals surface area contributed by atoms with Gasteiger partial charge in [-0.05, 0) is 12.2 Å². The van der Waals surface area contributed by atoms with Gasteiger partial charge in [-0.2, -0.15) is 0 Å². The number of rotatable bonds is 0. The average Bonchev–Trinajstić information content (AvgIpc) is 1.64. The molecule has 1 rings (SSSR count). The van der Waals surface area contributed by atoms with Crippen molar-refractivity contribution in [2.45, 2.75) is 0 Å². The lowest BCUT2D eigenvalue weighted by Gasteiger charge is -2.01. The van der Waals surface area contributed by atoms with Crippen LogP contribution in [0.15, 0.2) is 23.4 Å². The van der Waals surface area contributed by atoms with Crippen LogP contribution in [0.1, 0.15) is 0 Å². The van der Waals surface area contributed by atoms with E-state index in [0.29, 0.717) is 0 Å². The molecular formula is C4H5NO2S. The Morgan fingerprint density at radius 3 is 2.88 bits per heavy atom. The fourth-order valence-corrected chi connectivity index (χ4v) is 0.936. The van der Waals surface area contributed by atoms with E-state index in [1.54, 1.807) is 0 Å². The molecule has 2 N–H and O–H groups in total. The fourth-order valence-electron chi connectivity index (χ4n) is 0.373. The first kappa shape index (κ1) is 5.37. The summed E-state index contributed by atoms with van der Waals surface area (Å²) in [4.78, 5) is 0. The number of nitrogens with one attached hydrogen (secondary N) is 1. The Morgan fingerprint density at radius 2 is 2.50 bits per heavy atom. The maximum absolute atomic E-state index is 10.4. The summed E-state index contributed by atoms with van der Waals surface area (Å²) >= 11 is 0. The topological polar surface area (TPSA) is 49.3 Å². The van der Waals surface area contributed by atoms with Crippen LogP contribution in [-0.4, -0.2) is 9.32 Å². The first-order valence-electron chi connectivity index (χ1n) is 2.04. The molecule has 1 heterocycles. The van der Waals surface area contributed by atoms with Crippen molar-refractivity contribution in [3.05, 3.63) is 23.4 Å². The third-order valence-electron chi connectivity index (χ3n) is 0.661. The monoisotopic (exact) mass is 131 g/mol. The van der Waals surface area contributed by atoms with E-state index in [9.17, 15) is 4.21 Å². The van der Waals surface area contributed by atoms with E-state index in [1.165, 1.54) is 17.6 Å². The maximum atomic E-state index is 10.4. The predicted molar refractivity (Wildman–Crippen MR) is 31.1 cm³/mol. The minimum atomic E-state index is -1.22. The third kappa shape index (κ3) is 1.10. The van der Waals surface area contributed by atoms with Gasteiger partial charge in [-0.1, -0.05) is 0 Å². The summed E-state index contributed by atoms with van der Waals surface area (Å²) in [7, 11) is -1.22. The molecule has 0 amide bonds. The molecule has 0 aromatic heterocycles. The molecule has 1 unspecified atom stereocenters. The van der Waals surface area contributed by atoms with Crippen LogP contribution in [0.5, 0.6) is 0 Å². The van der Waals surface area contributed by atoms with Gasteiger partial charge < -0.3 is 5.11 Å². The number of aliphatic hydroxyl groups is 1. The smallest absolute Gasteiger partial charge is 0.196 e. The van der Waals surface area contributed by atoms with Gasteiger partial charge in [-0.15, -0.1) is 0 Å². The summed E-state index contributed by atoms with van der Waals surface area (Å²) < 4.78 is 12.7. The Labute approximate surface area is 49.3 Å². The van der Waals surface area contributed by atoms with Crippen molar-refractivity contribution in [2.24, 2.45) is 0 Å². The molecule has 0 radical (unpaired) electrons. The largest absolute Gasteiger partial charge is 0.494 e. The minimum Gasteiger partial charge on any atom is -0.494 e. The molecule has 1 aliphatic heterocycles. The Hall–Kier alpha value is -0.770. The molecule has 1 aliphatic rings. The second kappa shape index (κ2) is 2.00. The molecule has 0 spiro atoms. The number of allylic oxidation sites excluding steroid dienone is 2. The van der Waals surface area contributed by atoms with E-state index < -0.39 is 11.0 Å². The summed E-state index contributed by atoms with van der Waals surface area (Å²) in [5.41, 5.74) is 0. The van der Waals surface area contributed by atoms with Gasteiger partial charge in [0.2, 0.25) is 0 Å². The van der Waals surface area contributed by atoms with Crippen LogP contribution in [-0.2, 0) is 11.0 Å². The van der Waals surface area contributed by atoms with Gasteiger partial charge in [0.05, 0.1) is 0 Å².